The van der Waals surface area contributed by atoms with Crippen LogP contribution in [-0.4, -0.2) is 21.2 Å². The lowest BCUT2D eigenvalue weighted by atomic mass is 10.1. The molecule has 7 N–H and O–H groups in total. The molecular formula is C11H14N4O2S. The molecule has 0 fully saturated rings. The van der Waals surface area contributed by atoms with Gasteiger partial charge in [0.05, 0.1) is 6.42 Å². The first-order valence-electron chi connectivity index (χ1n) is 5.07. The summed E-state index contributed by atoms with van der Waals surface area (Å²) in [5.74, 6) is 3.85. The quantitative estimate of drug-likeness (QED) is 0.307. The fraction of sp³-hybridized carbons (Fsp3) is 0.0909. The van der Waals surface area contributed by atoms with E-state index in [2.05, 4.69) is 23.0 Å². The fourth-order valence-electron chi connectivity index (χ4n) is 1.44. The molecule has 0 aliphatic carbocycles. The maximum Gasteiger partial charge on any atom is 0.307 e. The van der Waals surface area contributed by atoms with Crippen molar-refractivity contribution in [3.05, 3.63) is 36.0 Å². The number of carboxylic acids is 1. The van der Waals surface area contributed by atoms with Gasteiger partial charge >= 0.3 is 5.97 Å². The lowest BCUT2D eigenvalue weighted by molar-refractivity contribution is -0.136. The van der Waals surface area contributed by atoms with Crippen LogP contribution in [0, 0.1) is 0 Å². The summed E-state index contributed by atoms with van der Waals surface area (Å²) >= 11 is 4.24. The van der Waals surface area contributed by atoms with Gasteiger partial charge < -0.3 is 21.2 Å². The number of fused-ring (bicyclic) bond motifs is 1. The molecule has 0 spiro atoms. The summed E-state index contributed by atoms with van der Waals surface area (Å²) in [5.41, 5.74) is 8.65. The molecule has 0 unspecified atom stereocenters. The Kier molecular flexibility index (Phi) is 5.09. The van der Waals surface area contributed by atoms with Gasteiger partial charge in [-0.15, -0.1) is 0 Å². The number of hydrogen-bond acceptors (Lipinski definition) is 3. The highest BCUT2D eigenvalue weighted by Gasteiger charge is 2.05. The maximum atomic E-state index is 10.5. The number of thiocarbonyl (C=S) groups is 1. The second kappa shape index (κ2) is 6.58. The molecule has 0 bridgehead atoms. The molecule has 1 aromatic heterocycles. The van der Waals surface area contributed by atoms with Crippen molar-refractivity contribution in [2.45, 2.75) is 6.42 Å². The van der Waals surface area contributed by atoms with Gasteiger partial charge in [-0.3, -0.25) is 4.79 Å². The number of H-pyrrole nitrogens is 1. The molecule has 0 saturated heterocycles. The Labute approximate surface area is 109 Å². The Morgan fingerprint density at radius 3 is 2.61 bits per heavy atom. The second-order valence-corrected chi connectivity index (χ2v) is 3.88. The minimum absolute atomic E-state index is 0.0734. The van der Waals surface area contributed by atoms with Gasteiger partial charge in [-0.25, -0.2) is 5.84 Å². The summed E-state index contributed by atoms with van der Waals surface area (Å²) in [6.45, 7) is 0. The molecule has 0 saturated carbocycles. The van der Waals surface area contributed by atoms with E-state index in [1.165, 1.54) is 0 Å². The lowest BCUT2D eigenvalue weighted by Gasteiger charge is -1.92. The Morgan fingerprint density at radius 2 is 2.06 bits per heavy atom. The summed E-state index contributed by atoms with van der Waals surface area (Å²) in [6.07, 6.45) is 1.82. The highest BCUT2D eigenvalue weighted by molar-refractivity contribution is 7.80. The number of carboxylic acid groups (broad SMARTS) is 1. The molecular weight excluding hydrogens is 252 g/mol. The zero-order valence-corrected chi connectivity index (χ0v) is 10.3. The molecule has 7 heteroatoms. The third kappa shape index (κ3) is 4.04. The first-order chi connectivity index (χ1) is 8.54. The highest BCUT2D eigenvalue weighted by Crippen LogP contribution is 2.17. The van der Waals surface area contributed by atoms with Gasteiger partial charge in [-0.2, -0.15) is 0 Å². The topological polar surface area (TPSA) is 117 Å². The first kappa shape index (κ1) is 13.9. The van der Waals surface area contributed by atoms with Crippen LogP contribution in [0.25, 0.3) is 10.9 Å². The molecule has 0 aliphatic heterocycles. The zero-order chi connectivity index (χ0) is 13.5. The van der Waals surface area contributed by atoms with Crippen LogP contribution in [0.15, 0.2) is 30.5 Å². The van der Waals surface area contributed by atoms with Crippen molar-refractivity contribution in [2.24, 2.45) is 11.6 Å². The summed E-state index contributed by atoms with van der Waals surface area (Å²) in [4.78, 5) is 13.5. The summed E-state index contributed by atoms with van der Waals surface area (Å²) in [5, 5.41) is 9.74. The third-order valence-corrected chi connectivity index (χ3v) is 2.28. The number of rotatable bonds is 2. The minimum Gasteiger partial charge on any atom is -0.481 e. The van der Waals surface area contributed by atoms with Gasteiger partial charge in [-0.1, -0.05) is 18.2 Å². The Morgan fingerprint density at radius 1 is 1.44 bits per heavy atom. The number of nitrogens with one attached hydrogen (secondary N) is 2. The average Bonchev–Trinajstić information content (AvgIpc) is 2.73. The summed E-state index contributed by atoms with van der Waals surface area (Å²) in [6, 6.07) is 7.68. The number of aromatic nitrogens is 1. The maximum absolute atomic E-state index is 10.5. The van der Waals surface area contributed by atoms with E-state index < -0.39 is 5.97 Å². The molecule has 2 aromatic rings. The Hall–Kier alpha value is -2.12. The molecule has 6 nitrogen and oxygen atoms in total. The molecule has 0 aliphatic rings. The largest absolute Gasteiger partial charge is 0.481 e. The molecule has 0 radical (unpaired) electrons. The van der Waals surface area contributed by atoms with Crippen LogP contribution in [-0.2, 0) is 11.2 Å². The molecule has 18 heavy (non-hydrogen) atoms. The van der Waals surface area contributed by atoms with E-state index in [9.17, 15) is 4.79 Å². The number of nitrogens with two attached hydrogens (primary N) is 2. The van der Waals surface area contributed by atoms with Gasteiger partial charge in [-0.05, 0) is 23.8 Å². The van der Waals surface area contributed by atoms with Gasteiger partial charge in [0.15, 0.2) is 5.11 Å². The summed E-state index contributed by atoms with van der Waals surface area (Å²) < 4.78 is 0. The van der Waals surface area contributed by atoms with Crippen LogP contribution in [0.5, 0.6) is 0 Å². The van der Waals surface area contributed by atoms with Crippen LogP contribution >= 0.6 is 12.2 Å². The first-order valence-corrected chi connectivity index (χ1v) is 5.48. The van der Waals surface area contributed by atoms with Crippen LogP contribution in [0.2, 0.25) is 0 Å². The van der Waals surface area contributed by atoms with E-state index in [1.54, 1.807) is 6.20 Å². The van der Waals surface area contributed by atoms with E-state index in [0.717, 1.165) is 16.5 Å². The SMILES string of the molecule is NNC(N)=S.O=C(O)Cc1c[nH]c2ccccc12. The van der Waals surface area contributed by atoms with Crippen molar-refractivity contribution in [3.8, 4) is 0 Å². The van der Waals surface area contributed by atoms with E-state index >= 15 is 0 Å². The third-order valence-electron chi connectivity index (χ3n) is 2.16. The van der Waals surface area contributed by atoms with E-state index in [4.69, 9.17) is 10.8 Å². The summed E-state index contributed by atoms with van der Waals surface area (Å²) in [7, 11) is 0. The van der Waals surface area contributed by atoms with Crippen molar-refractivity contribution in [2.75, 3.05) is 0 Å². The van der Waals surface area contributed by atoms with E-state index in [0.29, 0.717) is 0 Å². The number of hydrazine groups is 1. The number of hydrogen-bond donors (Lipinski definition) is 5. The Bertz CT molecular complexity index is 553. The van der Waals surface area contributed by atoms with Crippen LogP contribution in [0.4, 0.5) is 0 Å². The van der Waals surface area contributed by atoms with Crippen LogP contribution in [0.1, 0.15) is 5.56 Å². The van der Waals surface area contributed by atoms with Gasteiger partial charge in [0, 0.05) is 17.1 Å². The number of benzene rings is 1. The number of carbonyl (C=O) groups is 1. The molecule has 0 amide bonds. The lowest BCUT2D eigenvalue weighted by Crippen LogP contribution is -2.34. The molecule has 1 aromatic carbocycles. The van der Waals surface area contributed by atoms with E-state index in [-0.39, 0.29) is 11.5 Å². The van der Waals surface area contributed by atoms with Crippen molar-refractivity contribution >= 4 is 34.2 Å². The highest BCUT2D eigenvalue weighted by atomic mass is 32.1. The number of aromatic amines is 1. The van der Waals surface area contributed by atoms with Gasteiger partial charge in [0.2, 0.25) is 0 Å². The predicted molar refractivity (Wildman–Crippen MR) is 73.7 cm³/mol. The van der Waals surface area contributed by atoms with E-state index in [1.807, 2.05) is 29.7 Å². The van der Waals surface area contributed by atoms with Crippen molar-refractivity contribution < 1.29 is 9.90 Å². The molecule has 0 atom stereocenters. The van der Waals surface area contributed by atoms with Gasteiger partial charge in [0.1, 0.15) is 0 Å². The zero-order valence-electron chi connectivity index (χ0n) is 9.51. The van der Waals surface area contributed by atoms with Crippen LogP contribution in [0.3, 0.4) is 0 Å². The van der Waals surface area contributed by atoms with Crippen molar-refractivity contribution in [3.63, 3.8) is 0 Å². The standard InChI is InChI=1S/C10H9NO2.CH5N3S/c12-10(13)5-7-6-11-9-4-2-1-3-8(7)9;2-1(5)4-3/h1-4,6,11H,5H2,(H,12,13);3H2,(H3,2,4,5). The Balaban J connectivity index is 0.000000280. The fourth-order valence-corrected chi connectivity index (χ4v) is 1.44. The van der Waals surface area contributed by atoms with Crippen molar-refractivity contribution in [1.29, 1.82) is 0 Å². The smallest absolute Gasteiger partial charge is 0.307 e. The van der Waals surface area contributed by atoms with Crippen LogP contribution < -0.4 is 17.0 Å². The predicted octanol–water partition coefficient (Wildman–Crippen LogP) is 0.488. The normalized spacial score (nSPS) is 9.39. The van der Waals surface area contributed by atoms with Crippen molar-refractivity contribution in [1.82, 2.24) is 10.4 Å². The molecule has 2 rings (SSSR count). The molecule has 1 heterocycles. The second-order valence-electron chi connectivity index (χ2n) is 3.44. The molecule has 96 valence electrons. The average molecular weight is 266 g/mol. The number of para-hydroxylation sites is 1. The monoisotopic (exact) mass is 266 g/mol. The minimum atomic E-state index is -0.801. The van der Waals surface area contributed by atoms with Gasteiger partial charge in [0.25, 0.3) is 0 Å². The number of aliphatic carboxylic acids is 1.